The van der Waals surface area contributed by atoms with Crippen molar-refractivity contribution in [2.45, 2.75) is 0 Å². The minimum Gasteiger partial charge on any atom is 0 e. The Morgan fingerprint density at radius 2 is 1.67 bits per heavy atom. The summed E-state index contributed by atoms with van der Waals surface area (Å²) in [4.78, 5) is 0. The van der Waals surface area contributed by atoms with E-state index in [2.05, 4.69) is 4.75 Å². The van der Waals surface area contributed by atoms with Crippen molar-refractivity contribution in [2.75, 3.05) is 13.3 Å². The molecule has 0 saturated carbocycles. The van der Waals surface area contributed by atoms with Gasteiger partial charge in [0.05, 0.1) is 0 Å². The van der Waals surface area contributed by atoms with Gasteiger partial charge >= 0.3 is 66.5 Å². The van der Waals surface area contributed by atoms with Crippen molar-refractivity contribution < 1.29 is 21.1 Å². The molecule has 12 heavy (non-hydrogen) atoms. The van der Waals surface area contributed by atoms with Gasteiger partial charge in [-0.15, -0.1) is 0 Å². The second kappa shape index (κ2) is 4.70. The summed E-state index contributed by atoms with van der Waals surface area (Å²) in [6.07, 6.45) is 0. The molecular weight excluding hydrogens is 339 g/mol. The number of nitrogens with zero attached hydrogens (tertiary/aromatic N) is 2. The summed E-state index contributed by atoms with van der Waals surface area (Å²) >= 11 is 0. The second-order valence-electron chi connectivity index (χ2n) is 3.03. The van der Waals surface area contributed by atoms with Crippen LogP contribution in [0, 0.1) is 5.39 Å². The molecule has 0 aliphatic carbocycles. The van der Waals surface area contributed by atoms with Crippen molar-refractivity contribution in [3.8, 4) is 0 Å². The quantitative estimate of drug-likeness (QED) is 0.563. The van der Waals surface area contributed by atoms with E-state index in [1.54, 1.807) is 0 Å². The van der Waals surface area contributed by atoms with E-state index in [1.165, 1.54) is 0 Å². The molecule has 0 aliphatic heterocycles. The van der Waals surface area contributed by atoms with Gasteiger partial charge in [0.15, 0.2) is 0 Å². The Morgan fingerprint density at radius 3 is 2.08 bits per heavy atom. The standard InChI is InChI=1S/C8H12N2P.W/c1-11(2,10-9)8-6-4-3-5-7-8;/h3-7,11H,1-2H3;/q+1;. The van der Waals surface area contributed by atoms with Crippen LogP contribution < -0.4 is 5.30 Å². The monoisotopic (exact) mass is 351 g/mol. The second-order valence-corrected chi connectivity index (χ2v) is 6.92. The summed E-state index contributed by atoms with van der Waals surface area (Å²) in [6.45, 7) is 4.00. The van der Waals surface area contributed by atoms with Crippen LogP contribution in [0.5, 0.6) is 0 Å². The van der Waals surface area contributed by atoms with Gasteiger partial charge in [0.25, 0.3) is 0 Å². The summed E-state index contributed by atoms with van der Waals surface area (Å²) < 4.78 is 3.43. The van der Waals surface area contributed by atoms with E-state index in [9.17, 15) is 0 Å². The Balaban J connectivity index is 0.00000121. The van der Waals surface area contributed by atoms with Crippen LogP contribution in [0.2, 0.25) is 0 Å². The molecule has 0 heterocycles. The number of hydrogen-bond acceptors (Lipinski definition) is 1. The zero-order chi connectivity index (χ0) is 8.32. The van der Waals surface area contributed by atoms with E-state index >= 15 is 0 Å². The fourth-order valence-corrected chi connectivity index (χ4v) is 2.03. The summed E-state index contributed by atoms with van der Waals surface area (Å²) in [7, 11) is -1.87. The van der Waals surface area contributed by atoms with Crippen molar-refractivity contribution >= 4 is 12.7 Å². The summed E-state index contributed by atoms with van der Waals surface area (Å²) in [5.41, 5.74) is 0. The minimum atomic E-state index is -1.87. The minimum absolute atomic E-state index is 0. The smallest absolute Gasteiger partial charge is 0 e. The van der Waals surface area contributed by atoms with Crippen LogP contribution in [-0.4, -0.2) is 13.3 Å². The van der Waals surface area contributed by atoms with Gasteiger partial charge in [-0.25, -0.2) is 0 Å². The Hall–Kier alpha value is -0.242. The van der Waals surface area contributed by atoms with Crippen LogP contribution in [0.15, 0.2) is 30.3 Å². The molecule has 64 valence electrons. The van der Waals surface area contributed by atoms with E-state index in [1.807, 2.05) is 43.7 Å². The van der Waals surface area contributed by atoms with Gasteiger partial charge in [0.2, 0.25) is 0 Å². The molecule has 0 N–H and O–H groups in total. The first-order valence-electron chi connectivity index (χ1n) is 3.58. The predicted molar refractivity (Wildman–Crippen MR) is 51.3 cm³/mol. The van der Waals surface area contributed by atoms with Crippen LogP contribution in [0.3, 0.4) is 0 Å². The van der Waals surface area contributed by atoms with Crippen molar-refractivity contribution in [2.24, 2.45) is 0 Å². The van der Waals surface area contributed by atoms with Gasteiger partial charge in [0, 0.05) is 21.1 Å². The molecule has 1 aromatic rings. The summed E-state index contributed by atoms with van der Waals surface area (Å²) in [5, 5.41) is 9.89. The van der Waals surface area contributed by atoms with E-state index in [-0.39, 0.29) is 21.1 Å². The van der Waals surface area contributed by atoms with Crippen molar-refractivity contribution in [3.05, 3.63) is 35.1 Å². The van der Waals surface area contributed by atoms with E-state index in [0.29, 0.717) is 0 Å². The SMILES string of the molecule is C[PH](C)([N+]#N)c1ccccc1.[W]. The summed E-state index contributed by atoms with van der Waals surface area (Å²) in [6, 6.07) is 9.91. The van der Waals surface area contributed by atoms with Crippen molar-refractivity contribution in [3.63, 3.8) is 0 Å². The van der Waals surface area contributed by atoms with Crippen LogP contribution in [0.4, 0.5) is 0 Å². The number of benzene rings is 1. The first kappa shape index (κ1) is 11.8. The van der Waals surface area contributed by atoms with Crippen LogP contribution >= 0.6 is 7.41 Å². The molecule has 0 unspecified atom stereocenters. The summed E-state index contributed by atoms with van der Waals surface area (Å²) in [5.74, 6) is 0. The Morgan fingerprint density at radius 1 is 1.17 bits per heavy atom. The first-order chi connectivity index (χ1) is 5.17. The Labute approximate surface area is 87.7 Å². The number of rotatable bonds is 1. The van der Waals surface area contributed by atoms with Crippen molar-refractivity contribution in [1.29, 1.82) is 5.39 Å². The van der Waals surface area contributed by atoms with Gasteiger partial charge in [-0.3, -0.25) is 0 Å². The average Bonchev–Trinajstić information content (AvgIpc) is 2.06. The molecule has 0 spiro atoms. The van der Waals surface area contributed by atoms with Crippen LogP contribution in [0.25, 0.3) is 4.75 Å². The molecule has 0 bridgehead atoms. The maximum atomic E-state index is 8.73. The molecule has 0 aromatic heterocycles. The molecule has 1 rings (SSSR count). The molecular formula is C8H12N2PW+. The topological polar surface area (TPSA) is 28.1 Å². The maximum absolute atomic E-state index is 8.73. The van der Waals surface area contributed by atoms with Crippen molar-refractivity contribution in [1.82, 2.24) is 0 Å². The molecule has 0 radical (unpaired) electrons. The molecule has 4 heteroatoms. The third kappa shape index (κ3) is 2.67. The molecule has 2 nitrogen and oxygen atoms in total. The molecule has 0 fully saturated rings. The third-order valence-electron chi connectivity index (χ3n) is 1.73. The molecule has 0 saturated heterocycles. The molecule has 0 aliphatic rings. The third-order valence-corrected chi connectivity index (χ3v) is 3.98. The Kier molecular flexibility index (Phi) is 4.61. The van der Waals surface area contributed by atoms with E-state index in [4.69, 9.17) is 5.39 Å². The van der Waals surface area contributed by atoms with Gasteiger partial charge in [-0.05, 0) is 0 Å². The molecule has 0 atom stereocenters. The average molecular weight is 351 g/mol. The Bertz CT molecular complexity index is 279. The van der Waals surface area contributed by atoms with Crippen LogP contribution in [-0.2, 0) is 21.1 Å². The normalized spacial score (nSPS) is 11.1. The zero-order valence-corrected chi connectivity index (χ0v) is 11.1. The number of diazo groups is 1. The van der Waals surface area contributed by atoms with E-state index in [0.717, 1.165) is 5.30 Å². The first-order valence-corrected chi connectivity index (χ1v) is 6.53. The largest absolute Gasteiger partial charge is 0 e. The van der Waals surface area contributed by atoms with Gasteiger partial charge in [-0.2, -0.15) is 0 Å². The predicted octanol–water partition coefficient (Wildman–Crippen LogP) is 2.09. The van der Waals surface area contributed by atoms with E-state index < -0.39 is 7.41 Å². The van der Waals surface area contributed by atoms with Crippen LogP contribution in [0.1, 0.15) is 0 Å². The van der Waals surface area contributed by atoms with Gasteiger partial charge in [-0.1, -0.05) is 0 Å². The fourth-order valence-electron chi connectivity index (χ4n) is 0.904. The van der Waals surface area contributed by atoms with Gasteiger partial charge < -0.3 is 0 Å². The zero-order valence-electron chi connectivity index (χ0n) is 7.19. The molecule has 0 amide bonds. The molecule has 1 aromatic carbocycles. The fraction of sp³-hybridized carbons (Fsp3) is 0.250. The number of hydrogen-bond donors (Lipinski definition) is 0. The van der Waals surface area contributed by atoms with Gasteiger partial charge in [0.1, 0.15) is 0 Å². The maximum Gasteiger partial charge on any atom is 0 e.